The Balaban J connectivity index is 1.94. The number of carbonyl (C=O) groups excluding carboxylic acids is 2. The lowest BCUT2D eigenvalue weighted by atomic mass is 10.0. The second-order valence-electron chi connectivity index (χ2n) is 6.67. The van der Waals surface area contributed by atoms with Crippen molar-refractivity contribution in [2.45, 2.75) is 0 Å². The molecule has 0 spiro atoms. The van der Waals surface area contributed by atoms with E-state index < -0.39 is 5.91 Å². The van der Waals surface area contributed by atoms with Gasteiger partial charge in [-0.1, -0.05) is 30.3 Å². The number of hydrogen-bond donors (Lipinski definition) is 3. The molecule has 0 unspecified atom stereocenters. The van der Waals surface area contributed by atoms with Crippen LogP contribution in [0.2, 0.25) is 0 Å². The topological polar surface area (TPSA) is 107 Å². The van der Waals surface area contributed by atoms with Crippen LogP contribution in [0.5, 0.6) is 0 Å². The average Bonchev–Trinajstić information content (AvgIpc) is 2.73. The Morgan fingerprint density at radius 2 is 1.76 bits per heavy atom. The Morgan fingerprint density at radius 3 is 2.38 bits per heavy atom. The molecule has 29 heavy (non-hydrogen) atoms. The third kappa shape index (κ3) is 5.22. The summed E-state index contributed by atoms with van der Waals surface area (Å²) in [6, 6.07) is 14.4. The SMILES string of the molecule is CN(C)CC(=O)Nc1cc(C(=O)NO)cc(-c2ccc(-c3cccnc3)cc2)n1. The van der Waals surface area contributed by atoms with Gasteiger partial charge in [0.2, 0.25) is 5.91 Å². The molecular weight excluding hydrogens is 370 g/mol. The van der Waals surface area contributed by atoms with E-state index in [0.717, 1.165) is 16.7 Å². The van der Waals surface area contributed by atoms with Gasteiger partial charge in [-0.05, 0) is 43.4 Å². The summed E-state index contributed by atoms with van der Waals surface area (Å²) < 4.78 is 0. The summed E-state index contributed by atoms with van der Waals surface area (Å²) in [5, 5.41) is 11.7. The van der Waals surface area contributed by atoms with Crippen LogP contribution in [0, 0.1) is 0 Å². The predicted octanol–water partition coefficient (Wildman–Crippen LogP) is 2.43. The van der Waals surface area contributed by atoms with E-state index in [9.17, 15) is 9.59 Å². The molecule has 2 amide bonds. The van der Waals surface area contributed by atoms with E-state index >= 15 is 0 Å². The van der Waals surface area contributed by atoms with E-state index in [2.05, 4.69) is 15.3 Å². The molecule has 2 heterocycles. The van der Waals surface area contributed by atoms with E-state index in [1.54, 1.807) is 42.9 Å². The number of hydrogen-bond acceptors (Lipinski definition) is 6. The largest absolute Gasteiger partial charge is 0.310 e. The second kappa shape index (κ2) is 9.05. The molecule has 0 saturated heterocycles. The smallest absolute Gasteiger partial charge is 0.274 e. The lowest BCUT2D eigenvalue weighted by Gasteiger charge is -2.12. The normalized spacial score (nSPS) is 10.6. The van der Waals surface area contributed by atoms with Gasteiger partial charge in [0.15, 0.2) is 0 Å². The van der Waals surface area contributed by atoms with Gasteiger partial charge in [0.1, 0.15) is 5.82 Å². The Kier molecular flexibility index (Phi) is 6.28. The fourth-order valence-electron chi connectivity index (χ4n) is 2.77. The van der Waals surface area contributed by atoms with Crippen molar-refractivity contribution in [3.8, 4) is 22.4 Å². The van der Waals surface area contributed by atoms with Crippen LogP contribution in [-0.4, -0.2) is 52.5 Å². The first-order valence-electron chi connectivity index (χ1n) is 8.88. The van der Waals surface area contributed by atoms with Crippen LogP contribution in [0.25, 0.3) is 22.4 Å². The first-order chi connectivity index (χ1) is 14.0. The van der Waals surface area contributed by atoms with E-state index in [-0.39, 0.29) is 23.8 Å². The number of hydroxylamine groups is 1. The fraction of sp³-hybridized carbons (Fsp3) is 0.143. The van der Waals surface area contributed by atoms with Gasteiger partial charge < -0.3 is 10.2 Å². The third-order valence-electron chi connectivity index (χ3n) is 4.09. The number of likely N-dealkylation sites (N-methyl/N-ethyl adjacent to an activating group) is 1. The molecule has 0 aliphatic carbocycles. The average molecular weight is 391 g/mol. The summed E-state index contributed by atoms with van der Waals surface area (Å²) in [7, 11) is 3.55. The zero-order chi connectivity index (χ0) is 20.8. The lowest BCUT2D eigenvalue weighted by Crippen LogP contribution is -2.27. The van der Waals surface area contributed by atoms with Crippen LogP contribution in [-0.2, 0) is 4.79 Å². The van der Waals surface area contributed by atoms with Crippen LogP contribution >= 0.6 is 0 Å². The van der Waals surface area contributed by atoms with Crippen molar-refractivity contribution >= 4 is 17.6 Å². The molecule has 0 aliphatic rings. The van der Waals surface area contributed by atoms with Gasteiger partial charge in [0.25, 0.3) is 5.91 Å². The molecule has 0 saturated carbocycles. The molecule has 0 aliphatic heterocycles. The lowest BCUT2D eigenvalue weighted by molar-refractivity contribution is -0.116. The minimum Gasteiger partial charge on any atom is -0.310 e. The number of pyridine rings is 2. The molecule has 2 aromatic heterocycles. The molecule has 0 fully saturated rings. The molecule has 3 rings (SSSR count). The van der Waals surface area contributed by atoms with Gasteiger partial charge in [0.05, 0.1) is 12.2 Å². The van der Waals surface area contributed by atoms with Crippen molar-refractivity contribution in [1.29, 1.82) is 0 Å². The van der Waals surface area contributed by atoms with Gasteiger partial charge in [-0.15, -0.1) is 0 Å². The number of aromatic nitrogens is 2. The second-order valence-corrected chi connectivity index (χ2v) is 6.67. The number of benzene rings is 1. The van der Waals surface area contributed by atoms with Crippen LogP contribution in [0.3, 0.4) is 0 Å². The van der Waals surface area contributed by atoms with Crippen molar-refractivity contribution in [3.05, 3.63) is 66.5 Å². The van der Waals surface area contributed by atoms with Crippen LogP contribution in [0.1, 0.15) is 10.4 Å². The van der Waals surface area contributed by atoms with E-state index in [4.69, 9.17) is 5.21 Å². The summed E-state index contributed by atoms with van der Waals surface area (Å²) in [6.07, 6.45) is 3.49. The highest BCUT2D eigenvalue weighted by Crippen LogP contribution is 2.25. The Labute approximate surface area is 168 Å². The summed E-state index contributed by atoms with van der Waals surface area (Å²) in [4.78, 5) is 34.3. The summed E-state index contributed by atoms with van der Waals surface area (Å²) in [5.74, 6) is -0.727. The number of anilines is 1. The number of amides is 2. The fourth-order valence-corrected chi connectivity index (χ4v) is 2.77. The van der Waals surface area contributed by atoms with Gasteiger partial charge >= 0.3 is 0 Å². The Morgan fingerprint density at radius 1 is 1.03 bits per heavy atom. The maximum Gasteiger partial charge on any atom is 0.274 e. The first kappa shape index (κ1) is 20.1. The molecule has 0 bridgehead atoms. The predicted molar refractivity (Wildman–Crippen MR) is 109 cm³/mol. The number of nitrogens with zero attached hydrogens (tertiary/aromatic N) is 3. The number of rotatable bonds is 6. The molecule has 0 atom stereocenters. The number of carbonyl (C=O) groups is 2. The van der Waals surface area contributed by atoms with Crippen molar-refractivity contribution in [3.63, 3.8) is 0 Å². The number of nitrogens with one attached hydrogen (secondary N) is 2. The van der Waals surface area contributed by atoms with Crippen LogP contribution in [0.15, 0.2) is 60.9 Å². The zero-order valence-electron chi connectivity index (χ0n) is 16.1. The Bertz CT molecular complexity index is 1000. The maximum absolute atomic E-state index is 12.1. The zero-order valence-corrected chi connectivity index (χ0v) is 16.1. The molecule has 8 heteroatoms. The van der Waals surface area contributed by atoms with Gasteiger partial charge in [-0.3, -0.25) is 19.8 Å². The van der Waals surface area contributed by atoms with E-state index in [1.807, 2.05) is 36.4 Å². The minimum absolute atomic E-state index is 0.174. The van der Waals surface area contributed by atoms with E-state index in [1.165, 1.54) is 6.07 Å². The van der Waals surface area contributed by atoms with Crippen LogP contribution < -0.4 is 10.8 Å². The first-order valence-corrected chi connectivity index (χ1v) is 8.88. The molecule has 8 nitrogen and oxygen atoms in total. The summed E-state index contributed by atoms with van der Waals surface area (Å²) in [5.41, 5.74) is 5.01. The highest BCUT2D eigenvalue weighted by atomic mass is 16.5. The maximum atomic E-state index is 12.1. The summed E-state index contributed by atoms with van der Waals surface area (Å²) in [6.45, 7) is 0.174. The van der Waals surface area contributed by atoms with E-state index in [0.29, 0.717) is 5.69 Å². The highest BCUT2D eigenvalue weighted by molar-refractivity contribution is 5.97. The summed E-state index contributed by atoms with van der Waals surface area (Å²) >= 11 is 0. The van der Waals surface area contributed by atoms with Crippen molar-refractivity contribution in [2.75, 3.05) is 26.0 Å². The van der Waals surface area contributed by atoms with Crippen molar-refractivity contribution in [2.24, 2.45) is 0 Å². The van der Waals surface area contributed by atoms with Gasteiger partial charge in [-0.2, -0.15) is 0 Å². The standard InChI is InChI=1S/C21H21N5O3/c1-26(2)13-20(27)24-19-11-17(21(28)25-29)10-18(23-19)15-7-5-14(6-8-15)16-4-3-9-22-12-16/h3-12,29H,13H2,1-2H3,(H,25,28)(H,23,24,27). The van der Waals surface area contributed by atoms with Gasteiger partial charge in [0, 0.05) is 23.5 Å². The molecule has 0 radical (unpaired) electrons. The third-order valence-corrected chi connectivity index (χ3v) is 4.09. The van der Waals surface area contributed by atoms with Crippen LogP contribution in [0.4, 0.5) is 5.82 Å². The monoisotopic (exact) mass is 391 g/mol. The molecule has 3 aromatic rings. The highest BCUT2D eigenvalue weighted by Gasteiger charge is 2.13. The van der Waals surface area contributed by atoms with Crippen molar-refractivity contribution in [1.82, 2.24) is 20.3 Å². The molecule has 3 N–H and O–H groups in total. The van der Waals surface area contributed by atoms with Crippen molar-refractivity contribution < 1.29 is 14.8 Å². The molecule has 1 aromatic carbocycles. The minimum atomic E-state index is -0.691. The quantitative estimate of drug-likeness (QED) is 0.440. The molecular formula is C21H21N5O3. The Hall–Kier alpha value is -3.62. The van der Waals surface area contributed by atoms with Gasteiger partial charge in [-0.25, -0.2) is 10.5 Å². The molecule has 148 valence electrons.